The van der Waals surface area contributed by atoms with Crippen molar-refractivity contribution in [1.82, 2.24) is 9.55 Å². The molecule has 0 spiro atoms. The van der Waals surface area contributed by atoms with Gasteiger partial charge in [-0.2, -0.15) is 0 Å². The largest absolute Gasteiger partial charge is 0.386 e. The zero-order valence-corrected chi connectivity index (χ0v) is 9.93. The Morgan fingerprint density at radius 3 is 2.84 bits per heavy atom. The van der Waals surface area contributed by atoms with E-state index in [9.17, 15) is 20.2 Å². The van der Waals surface area contributed by atoms with E-state index in [4.69, 9.17) is 4.74 Å². The van der Waals surface area contributed by atoms with Gasteiger partial charge in [-0.3, -0.25) is 4.57 Å². The monoisotopic (exact) mass is 272 g/mol. The van der Waals surface area contributed by atoms with Gasteiger partial charge in [0.15, 0.2) is 0 Å². The fourth-order valence-corrected chi connectivity index (χ4v) is 1.97. The molecule has 10 heteroatoms. The number of imidazole rings is 1. The summed E-state index contributed by atoms with van der Waals surface area (Å²) in [6.45, 7) is 0.0232. The maximum Gasteiger partial charge on any atom is 0.386 e. The van der Waals surface area contributed by atoms with E-state index < -0.39 is 22.4 Å². The van der Waals surface area contributed by atoms with Crippen molar-refractivity contribution in [1.29, 1.82) is 0 Å². The molecule has 19 heavy (non-hydrogen) atoms. The summed E-state index contributed by atoms with van der Waals surface area (Å²) in [4.78, 5) is 28.2. The molecule has 1 unspecified atom stereocenters. The van der Waals surface area contributed by atoms with Crippen LogP contribution in [0, 0.1) is 20.2 Å². The van der Waals surface area contributed by atoms with Crippen molar-refractivity contribution in [3.63, 3.8) is 0 Å². The number of nitrogens with zero attached hydrogens (tertiary/aromatic N) is 4. The average Bonchev–Trinajstić information content (AvgIpc) is 2.81. The van der Waals surface area contributed by atoms with Crippen LogP contribution in [0.15, 0.2) is 6.33 Å². The highest BCUT2D eigenvalue weighted by molar-refractivity contribution is 5.26. The molecule has 0 N–H and O–H groups in total. The number of rotatable bonds is 5. The predicted molar refractivity (Wildman–Crippen MR) is 59.5 cm³/mol. The molecule has 1 aliphatic rings. The Labute approximate surface area is 107 Å². The molecule has 1 saturated heterocycles. The Morgan fingerprint density at radius 2 is 2.26 bits per heavy atom. The van der Waals surface area contributed by atoms with Gasteiger partial charge in [0.2, 0.25) is 6.33 Å². The van der Waals surface area contributed by atoms with E-state index in [0.29, 0.717) is 13.0 Å². The fourth-order valence-electron chi connectivity index (χ4n) is 1.97. The minimum atomic E-state index is -0.997. The Morgan fingerprint density at radius 1 is 1.47 bits per heavy atom. The third kappa shape index (κ3) is 2.96. The van der Waals surface area contributed by atoms with Crippen LogP contribution >= 0.6 is 0 Å². The van der Waals surface area contributed by atoms with Gasteiger partial charge in [-0.15, -0.1) is 10.1 Å². The predicted octanol–water partition coefficient (Wildman–Crippen LogP) is 1.20. The molecule has 1 aromatic rings. The standard InChI is InChI=1S/C9H12N4O6/c14-12(15)9-7(5-19-13(16)17)11(6-10-9)8-3-1-2-4-18-8/h6,8H,1-5H2. The van der Waals surface area contributed by atoms with Crippen molar-refractivity contribution in [2.45, 2.75) is 32.1 Å². The van der Waals surface area contributed by atoms with E-state index in [1.54, 1.807) is 0 Å². The first-order valence-corrected chi connectivity index (χ1v) is 5.68. The third-order valence-electron chi connectivity index (χ3n) is 2.82. The second kappa shape index (κ2) is 5.61. The minimum absolute atomic E-state index is 0.0357. The molecule has 0 radical (unpaired) electrons. The SMILES string of the molecule is O=[N+]([O-])OCc1c([N+](=O)[O-])ncn1C1CCCCO1. The molecule has 10 nitrogen and oxygen atoms in total. The molecule has 1 aliphatic heterocycles. The van der Waals surface area contributed by atoms with E-state index in [1.165, 1.54) is 10.9 Å². The van der Waals surface area contributed by atoms with Gasteiger partial charge in [0.05, 0.1) is 0 Å². The normalized spacial score (nSPS) is 19.1. The van der Waals surface area contributed by atoms with Gasteiger partial charge in [-0.25, -0.2) is 0 Å². The van der Waals surface area contributed by atoms with Crippen LogP contribution in [-0.2, 0) is 16.2 Å². The van der Waals surface area contributed by atoms with Gasteiger partial charge < -0.3 is 19.7 Å². The van der Waals surface area contributed by atoms with Crippen LogP contribution in [0.25, 0.3) is 0 Å². The summed E-state index contributed by atoms with van der Waals surface area (Å²) in [5.41, 5.74) is 0.0357. The first-order chi connectivity index (χ1) is 9.09. The highest BCUT2D eigenvalue weighted by Gasteiger charge is 2.28. The second-order valence-electron chi connectivity index (χ2n) is 4.00. The zero-order chi connectivity index (χ0) is 13.8. The lowest BCUT2D eigenvalue weighted by Crippen LogP contribution is -2.20. The number of hydrogen-bond donors (Lipinski definition) is 0. The number of nitro groups is 1. The molecule has 0 aliphatic carbocycles. The van der Waals surface area contributed by atoms with E-state index in [0.717, 1.165) is 12.8 Å². The van der Waals surface area contributed by atoms with Crippen LogP contribution in [-0.4, -0.2) is 26.2 Å². The van der Waals surface area contributed by atoms with Crippen LogP contribution in [0.2, 0.25) is 0 Å². The molecule has 0 aromatic carbocycles. The summed E-state index contributed by atoms with van der Waals surface area (Å²) in [6.07, 6.45) is 3.40. The van der Waals surface area contributed by atoms with Gasteiger partial charge in [0.1, 0.15) is 18.5 Å². The fraction of sp³-hybridized carbons (Fsp3) is 0.667. The number of hydrogen-bond acceptors (Lipinski definition) is 7. The second-order valence-corrected chi connectivity index (χ2v) is 4.00. The molecule has 1 aromatic heterocycles. The van der Waals surface area contributed by atoms with Gasteiger partial charge in [0.25, 0.3) is 5.09 Å². The molecule has 0 amide bonds. The molecule has 1 atom stereocenters. The van der Waals surface area contributed by atoms with Crippen molar-refractivity contribution in [2.24, 2.45) is 0 Å². The first kappa shape index (κ1) is 13.2. The third-order valence-corrected chi connectivity index (χ3v) is 2.82. The van der Waals surface area contributed by atoms with E-state index in [1.807, 2.05) is 0 Å². The summed E-state index contributed by atoms with van der Waals surface area (Å²) in [5.74, 6) is -0.448. The maximum absolute atomic E-state index is 10.8. The summed E-state index contributed by atoms with van der Waals surface area (Å²) in [5, 5.41) is 20.0. The van der Waals surface area contributed by atoms with E-state index in [-0.39, 0.29) is 11.9 Å². The Hall–Kier alpha value is -2.23. The van der Waals surface area contributed by atoms with Crippen molar-refractivity contribution in [3.8, 4) is 0 Å². The summed E-state index contributed by atoms with van der Waals surface area (Å²) in [7, 11) is 0. The Kier molecular flexibility index (Phi) is 3.90. The van der Waals surface area contributed by atoms with Gasteiger partial charge in [0, 0.05) is 6.61 Å². The molecule has 0 bridgehead atoms. The Balaban J connectivity index is 2.25. The average molecular weight is 272 g/mol. The number of aromatic nitrogens is 2. The first-order valence-electron chi connectivity index (χ1n) is 5.68. The molecule has 1 fully saturated rings. The smallest absolute Gasteiger partial charge is 0.358 e. The van der Waals surface area contributed by atoms with Crippen LogP contribution < -0.4 is 0 Å². The summed E-state index contributed by atoms with van der Waals surface area (Å²) >= 11 is 0. The van der Waals surface area contributed by atoms with Crippen LogP contribution in [0.5, 0.6) is 0 Å². The highest BCUT2D eigenvalue weighted by atomic mass is 16.9. The zero-order valence-electron chi connectivity index (χ0n) is 9.93. The lowest BCUT2D eigenvalue weighted by molar-refractivity contribution is -0.763. The van der Waals surface area contributed by atoms with Gasteiger partial charge in [-0.1, -0.05) is 0 Å². The van der Waals surface area contributed by atoms with Gasteiger partial charge >= 0.3 is 5.82 Å². The lowest BCUT2D eigenvalue weighted by Gasteiger charge is -2.24. The van der Waals surface area contributed by atoms with Crippen LogP contribution in [0.4, 0.5) is 5.82 Å². The highest BCUT2D eigenvalue weighted by Crippen LogP contribution is 2.28. The van der Waals surface area contributed by atoms with Crippen molar-refractivity contribution < 1.29 is 19.6 Å². The molecular formula is C9H12N4O6. The topological polar surface area (TPSA) is 123 Å². The maximum atomic E-state index is 10.8. The summed E-state index contributed by atoms with van der Waals surface area (Å²) < 4.78 is 6.91. The van der Waals surface area contributed by atoms with Crippen molar-refractivity contribution in [3.05, 3.63) is 32.2 Å². The molecule has 2 heterocycles. The summed E-state index contributed by atoms with van der Waals surface area (Å²) in [6, 6.07) is 0. The number of ether oxygens (including phenoxy) is 1. The van der Waals surface area contributed by atoms with Crippen molar-refractivity contribution in [2.75, 3.05) is 6.61 Å². The molecule has 2 rings (SSSR count). The van der Waals surface area contributed by atoms with E-state index in [2.05, 4.69) is 9.82 Å². The minimum Gasteiger partial charge on any atom is -0.358 e. The molecule has 104 valence electrons. The molecular weight excluding hydrogens is 260 g/mol. The quantitative estimate of drug-likeness (QED) is 0.582. The van der Waals surface area contributed by atoms with Gasteiger partial charge in [-0.05, 0) is 29.2 Å². The van der Waals surface area contributed by atoms with Crippen molar-refractivity contribution >= 4 is 5.82 Å². The van der Waals surface area contributed by atoms with Crippen LogP contribution in [0.1, 0.15) is 31.2 Å². The van der Waals surface area contributed by atoms with Crippen LogP contribution in [0.3, 0.4) is 0 Å². The lowest BCUT2D eigenvalue weighted by atomic mass is 10.2. The van der Waals surface area contributed by atoms with E-state index >= 15 is 0 Å². The molecule has 0 saturated carbocycles. The Bertz CT molecular complexity index is 481.